The van der Waals surface area contributed by atoms with Crippen molar-refractivity contribution in [3.63, 3.8) is 0 Å². The van der Waals surface area contributed by atoms with Crippen molar-refractivity contribution in [1.82, 2.24) is 0 Å². The van der Waals surface area contributed by atoms with Crippen LogP contribution in [0, 0.1) is 0 Å². The predicted octanol–water partition coefficient (Wildman–Crippen LogP) is 2.83. The van der Waals surface area contributed by atoms with Crippen molar-refractivity contribution in [2.45, 2.75) is 0 Å². The molecule has 0 aliphatic carbocycles. The molecule has 2 aromatic carbocycles. The van der Waals surface area contributed by atoms with Gasteiger partial charge in [-0.15, -0.1) is 0 Å². The predicted molar refractivity (Wildman–Crippen MR) is 70.2 cm³/mol. The average Bonchev–Trinajstić information content (AvgIpc) is 2.39. The van der Waals surface area contributed by atoms with Crippen LogP contribution in [-0.2, 0) is 21.7 Å². The Labute approximate surface area is 135 Å². The van der Waals surface area contributed by atoms with E-state index < -0.39 is 12.1 Å². The van der Waals surface area contributed by atoms with Gasteiger partial charge in [-0.05, 0) is 24.3 Å². The summed E-state index contributed by atoms with van der Waals surface area (Å²) >= 11 is 0. The molecule has 0 saturated heterocycles. The molecule has 2 rings (SSSR count). The number of carbonyl (C=O) groups excluding carboxylic acids is 1. The Bertz CT molecular complexity index is 581. The second-order valence-electron chi connectivity index (χ2n) is 3.50. The minimum Gasteiger partial charge on any atom is -0.507 e. The zero-order chi connectivity index (χ0) is 15.0. The van der Waals surface area contributed by atoms with Gasteiger partial charge >= 0.3 is 12.1 Å². The van der Waals surface area contributed by atoms with Gasteiger partial charge in [-0.2, -0.15) is 0 Å². The van der Waals surface area contributed by atoms with E-state index in [0.29, 0.717) is 5.75 Å². The Morgan fingerprint density at radius 2 is 1.33 bits per heavy atom. The molecule has 0 aromatic heterocycles. The van der Waals surface area contributed by atoms with Crippen molar-refractivity contribution in [2.75, 3.05) is 0 Å². The topological polar surface area (TPSA) is 104 Å². The maximum absolute atomic E-state index is 11.7. The van der Waals surface area contributed by atoms with Crippen LogP contribution in [0.5, 0.6) is 11.5 Å². The molecule has 0 saturated carbocycles. The molecule has 0 aliphatic heterocycles. The molecule has 2 aromatic rings. The van der Waals surface area contributed by atoms with Crippen molar-refractivity contribution in [2.24, 2.45) is 0 Å². The smallest absolute Gasteiger partial charge is 0.503 e. The molecule has 7 heteroatoms. The summed E-state index contributed by atoms with van der Waals surface area (Å²) in [6, 6.07) is 15.0. The summed E-state index contributed by atoms with van der Waals surface area (Å²) in [5.74, 6) is -0.191. The Morgan fingerprint density at radius 3 is 1.86 bits per heavy atom. The zero-order valence-corrected chi connectivity index (χ0v) is 12.3. The fourth-order valence-electron chi connectivity index (χ4n) is 1.30. The quantitative estimate of drug-likeness (QED) is 0.446. The minimum atomic E-state index is -1.83. The number of esters is 1. The van der Waals surface area contributed by atoms with E-state index in [1.165, 1.54) is 12.1 Å². The van der Waals surface area contributed by atoms with E-state index in [1.807, 2.05) is 6.07 Å². The molecule has 0 atom stereocenters. The first-order chi connectivity index (χ1) is 9.50. The molecule has 0 bridgehead atoms. The number of phenols is 1. The van der Waals surface area contributed by atoms with E-state index in [2.05, 4.69) is 0 Å². The number of para-hydroxylation sites is 2. The van der Waals surface area contributed by atoms with Gasteiger partial charge in [-0.3, -0.25) is 0 Å². The number of hydrogen-bond donors (Lipinski definition) is 3. The van der Waals surface area contributed by atoms with Crippen molar-refractivity contribution in [3.8, 4) is 11.5 Å². The molecule has 21 heavy (non-hydrogen) atoms. The molecule has 108 valence electrons. The number of hydrogen-bond acceptors (Lipinski definition) is 4. The number of carboxylic acid groups (broad SMARTS) is 2. The van der Waals surface area contributed by atoms with E-state index in [4.69, 9.17) is 19.7 Å². The van der Waals surface area contributed by atoms with Crippen molar-refractivity contribution in [1.29, 1.82) is 0 Å². The molecular formula is C14H12O6Ti. The van der Waals surface area contributed by atoms with Crippen LogP contribution in [0.1, 0.15) is 10.4 Å². The van der Waals surface area contributed by atoms with E-state index >= 15 is 0 Å². The molecule has 0 amide bonds. The first-order valence-corrected chi connectivity index (χ1v) is 5.48. The van der Waals surface area contributed by atoms with Crippen molar-refractivity contribution < 1.29 is 51.4 Å². The van der Waals surface area contributed by atoms with Gasteiger partial charge in [0.15, 0.2) is 0 Å². The zero-order valence-electron chi connectivity index (χ0n) is 10.8. The van der Waals surface area contributed by atoms with Gasteiger partial charge < -0.3 is 20.1 Å². The molecule has 0 radical (unpaired) electrons. The summed E-state index contributed by atoms with van der Waals surface area (Å²) in [4.78, 5) is 20.2. The Hall–Kier alpha value is -2.31. The summed E-state index contributed by atoms with van der Waals surface area (Å²) in [6.07, 6.45) is -1.83. The molecule has 0 fully saturated rings. The molecule has 0 heterocycles. The maximum atomic E-state index is 11.7. The van der Waals surface area contributed by atoms with E-state index in [0.717, 1.165) is 0 Å². The number of carbonyl (C=O) groups is 2. The largest absolute Gasteiger partial charge is 0.507 e. The summed E-state index contributed by atoms with van der Waals surface area (Å²) in [5.41, 5.74) is 0.159. The van der Waals surface area contributed by atoms with Crippen LogP contribution in [0.15, 0.2) is 54.6 Å². The van der Waals surface area contributed by atoms with Gasteiger partial charge in [0.05, 0.1) is 0 Å². The number of ether oxygens (including phenoxy) is 1. The summed E-state index contributed by atoms with van der Waals surface area (Å²) in [5, 5.41) is 23.4. The van der Waals surface area contributed by atoms with Crippen LogP contribution in [-0.4, -0.2) is 27.4 Å². The third kappa shape index (κ3) is 7.15. The third-order valence-corrected chi connectivity index (χ3v) is 2.08. The molecule has 0 unspecified atom stereocenters. The second-order valence-corrected chi connectivity index (χ2v) is 3.50. The normalized spacial score (nSPS) is 8.57. The van der Waals surface area contributed by atoms with Crippen LogP contribution in [0.3, 0.4) is 0 Å². The van der Waals surface area contributed by atoms with E-state index in [-0.39, 0.29) is 33.0 Å². The SMILES string of the molecule is O=C(O)O.O=C(Oc1ccccc1)c1ccccc1O.[Ti]. The fourth-order valence-corrected chi connectivity index (χ4v) is 1.30. The number of phenolic OH excluding ortho intramolecular Hbond substituents is 1. The third-order valence-electron chi connectivity index (χ3n) is 2.08. The van der Waals surface area contributed by atoms with Crippen LogP contribution >= 0.6 is 0 Å². The number of rotatable bonds is 2. The minimum absolute atomic E-state index is 0. The van der Waals surface area contributed by atoms with Crippen molar-refractivity contribution in [3.05, 3.63) is 60.2 Å². The first-order valence-electron chi connectivity index (χ1n) is 5.48. The first kappa shape index (κ1) is 18.7. The number of benzene rings is 2. The van der Waals surface area contributed by atoms with Crippen molar-refractivity contribution >= 4 is 12.1 Å². The Kier molecular flexibility index (Phi) is 8.52. The molecular weight excluding hydrogens is 312 g/mol. The Morgan fingerprint density at radius 1 is 0.857 bits per heavy atom. The van der Waals surface area contributed by atoms with Gasteiger partial charge in [-0.1, -0.05) is 30.3 Å². The molecule has 0 spiro atoms. The van der Waals surface area contributed by atoms with Crippen LogP contribution in [0.2, 0.25) is 0 Å². The van der Waals surface area contributed by atoms with E-state index in [9.17, 15) is 9.90 Å². The standard InChI is InChI=1S/C13H10O3.CH2O3.Ti/c14-12-9-5-4-8-11(12)13(15)16-10-6-2-1-3-7-10;2-1(3)4;/h1-9,14H;(H2,2,3,4);. The van der Waals surface area contributed by atoms with Gasteiger partial charge in [0.2, 0.25) is 0 Å². The van der Waals surface area contributed by atoms with Crippen LogP contribution in [0.25, 0.3) is 0 Å². The monoisotopic (exact) mass is 324 g/mol. The molecule has 3 N–H and O–H groups in total. The van der Waals surface area contributed by atoms with E-state index in [1.54, 1.807) is 36.4 Å². The van der Waals surface area contributed by atoms with Gasteiger partial charge in [-0.25, -0.2) is 9.59 Å². The van der Waals surface area contributed by atoms with Crippen LogP contribution in [0.4, 0.5) is 4.79 Å². The van der Waals surface area contributed by atoms with Gasteiger partial charge in [0.1, 0.15) is 17.1 Å². The summed E-state index contributed by atoms with van der Waals surface area (Å²) in [7, 11) is 0. The average molecular weight is 324 g/mol. The van der Waals surface area contributed by atoms with Gasteiger partial charge in [0, 0.05) is 21.7 Å². The van der Waals surface area contributed by atoms with Crippen LogP contribution < -0.4 is 4.74 Å². The maximum Gasteiger partial charge on any atom is 0.503 e. The summed E-state index contributed by atoms with van der Waals surface area (Å²) in [6.45, 7) is 0. The van der Waals surface area contributed by atoms with Gasteiger partial charge in [0.25, 0.3) is 0 Å². The second kappa shape index (κ2) is 9.57. The molecule has 6 nitrogen and oxygen atoms in total. The molecule has 0 aliphatic rings. The number of aromatic hydroxyl groups is 1. The Balaban J connectivity index is 0.000000715. The fraction of sp³-hybridized carbons (Fsp3) is 0. The summed E-state index contributed by atoms with van der Waals surface area (Å²) < 4.78 is 5.08.